The summed E-state index contributed by atoms with van der Waals surface area (Å²) in [6, 6.07) is 18.6. The smallest absolute Gasteiger partial charge is 0.262 e. The van der Waals surface area contributed by atoms with E-state index in [2.05, 4.69) is 10.6 Å². The van der Waals surface area contributed by atoms with E-state index in [0.29, 0.717) is 33.3 Å². The zero-order valence-electron chi connectivity index (χ0n) is 15.6. The zero-order chi connectivity index (χ0) is 21.1. The fourth-order valence-corrected chi connectivity index (χ4v) is 4.08. The van der Waals surface area contributed by atoms with Crippen LogP contribution in [0.1, 0.15) is 21.5 Å². The molecule has 7 heteroatoms. The first kappa shape index (κ1) is 20.2. The molecule has 3 aromatic rings. The molecule has 2 N–H and O–H groups in total. The van der Waals surface area contributed by atoms with Gasteiger partial charge in [0.25, 0.3) is 11.8 Å². The second-order valence-corrected chi connectivity index (χ2v) is 8.06. The molecule has 0 aromatic heterocycles. The van der Waals surface area contributed by atoms with Gasteiger partial charge >= 0.3 is 0 Å². The Balaban J connectivity index is 1.50. The predicted molar refractivity (Wildman–Crippen MR) is 118 cm³/mol. The van der Waals surface area contributed by atoms with Crippen LogP contribution in [0.15, 0.2) is 76.5 Å². The highest BCUT2D eigenvalue weighted by atomic mass is 35.5. The summed E-state index contributed by atoms with van der Waals surface area (Å²) in [5, 5.41) is 6.19. The topological polar surface area (TPSA) is 58.2 Å². The number of anilines is 1. The first-order valence-electron chi connectivity index (χ1n) is 9.12. The second-order valence-electron chi connectivity index (χ2n) is 6.57. The van der Waals surface area contributed by atoms with Crippen LogP contribution in [-0.2, 0) is 11.3 Å². The lowest BCUT2D eigenvalue weighted by molar-refractivity contribution is -0.112. The molecule has 0 fully saturated rings. The van der Waals surface area contributed by atoms with Crippen LogP contribution in [0.4, 0.5) is 10.1 Å². The van der Waals surface area contributed by atoms with Gasteiger partial charge in [0.15, 0.2) is 0 Å². The molecule has 0 saturated carbocycles. The number of rotatable bonds is 4. The maximum Gasteiger partial charge on any atom is 0.262 e. The summed E-state index contributed by atoms with van der Waals surface area (Å²) in [5.74, 6) is -1.01. The fourth-order valence-electron chi connectivity index (χ4n) is 2.95. The number of fused-ring (bicyclic) bond motifs is 1. The molecule has 0 spiro atoms. The Bertz CT molecular complexity index is 1180. The second kappa shape index (κ2) is 8.73. The van der Waals surface area contributed by atoms with Gasteiger partial charge in [-0.25, -0.2) is 4.39 Å². The van der Waals surface area contributed by atoms with Crippen molar-refractivity contribution in [2.75, 3.05) is 5.32 Å². The SMILES string of the molecule is O=C1Nc2cc(C(=O)NCc3ccccc3Cl)ccc2SC1=Cc1ccccc1F. The van der Waals surface area contributed by atoms with E-state index >= 15 is 0 Å². The van der Waals surface area contributed by atoms with E-state index in [-0.39, 0.29) is 11.8 Å². The Morgan fingerprint density at radius 3 is 2.67 bits per heavy atom. The molecule has 0 atom stereocenters. The van der Waals surface area contributed by atoms with Crippen LogP contribution < -0.4 is 10.6 Å². The van der Waals surface area contributed by atoms with E-state index in [4.69, 9.17) is 11.6 Å². The monoisotopic (exact) mass is 438 g/mol. The van der Waals surface area contributed by atoms with E-state index in [9.17, 15) is 14.0 Å². The van der Waals surface area contributed by atoms with Gasteiger partial charge in [-0.05, 0) is 42.0 Å². The maximum atomic E-state index is 13.9. The van der Waals surface area contributed by atoms with Gasteiger partial charge in [-0.3, -0.25) is 9.59 Å². The number of thioether (sulfide) groups is 1. The molecular weight excluding hydrogens is 423 g/mol. The minimum Gasteiger partial charge on any atom is -0.348 e. The summed E-state index contributed by atoms with van der Waals surface area (Å²) < 4.78 is 13.9. The first-order chi connectivity index (χ1) is 14.5. The average molecular weight is 439 g/mol. The third-order valence-electron chi connectivity index (χ3n) is 4.52. The first-order valence-corrected chi connectivity index (χ1v) is 10.3. The molecule has 1 aliphatic rings. The van der Waals surface area contributed by atoms with E-state index in [1.54, 1.807) is 42.5 Å². The number of hydrogen-bond acceptors (Lipinski definition) is 3. The molecule has 0 unspecified atom stereocenters. The lowest BCUT2D eigenvalue weighted by atomic mass is 10.1. The Morgan fingerprint density at radius 1 is 1.10 bits per heavy atom. The zero-order valence-corrected chi connectivity index (χ0v) is 17.2. The van der Waals surface area contributed by atoms with Crippen molar-refractivity contribution in [1.82, 2.24) is 5.32 Å². The quantitative estimate of drug-likeness (QED) is 0.529. The fraction of sp³-hybridized carbons (Fsp3) is 0.0435. The Kier molecular flexibility index (Phi) is 5.88. The maximum absolute atomic E-state index is 13.9. The molecule has 0 saturated heterocycles. The molecule has 150 valence electrons. The van der Waals surface area contributed by atoms with Crippen molar-refractivity contribution < 1.29 is 14.0 Å². The number of benzene rings is 3. The molecule has 0 bridgehead atoms. The van der Waals surface area contributed by atoms with Gasteiger partial charge in [-0.1, -0.05) is 59.8 Å². The van der Waals surface area contributed by atoms with Crippen molar-refractivity contribution in [3.05, 3.63) is 99.2 Å². The molecule has 4 nitrogen and oxygen atoms in total. The average Bonchev–Trinajstić information content (AvgIpc) is 2.74. The molecule has 30 heavy (non-hydrogen) atoms. The van der Waals surface area contributed by atoms with Crippen LogP contribution >= 0.6 is 23.4 Å². The third kappa shape index (κ3) is 4.40. The van der Waals surface area contributed by atoms with Crippen molar-refractivity contribution in [1.29, 1.82) is 0 Å². The standard InChI is InChI=1S/C23H16ClFN2O2S/c24-17-7-3-1-6-16(17)13-26-22(28)15-9-10-20-19(11-15)27-23(29)21(30-20)12-14-5-2-4-8-18(14)25/h1-12H,13H2,(H,26,28)(H,27,29). The van der Waals surface area contributed by atoms with Crippen molar-refractivity contribution in [2.45, 2.75) is 11.4 Å². The van der Waals surface area contributed by atoms with Crippen molar-refractivity contribution in [2.24, 2.45) is 0 Å². The number of halogens is 2. The predicted octanol–water partition coefficient (Wildman–Crippen LogP) is 5.49. The summed E-state index contributed by atoms with van der Waals surface area (Å²) in [4.78, 5) is 26.1. The van der Waals surface area contributed by atoms with Crippen LogP contribution in [0.2, 0.25) is 5.02 Å². The van der Waals surface area contributed by atoms with Crippen LogP contribution in [-0.4, -0.2) is 11.8 Å². The molecule has 0 aliphatic carbocycles. The molecule has 0 radical (unpaired) electrons. The summed E-state index contributed by atoms with van der Waals surface area (Å²) in [6.45, 7) is 0.298. The number of amides is 2. The van der Waals surface area contributed by atoms with Crippen molar-refractivity contribution in [3.8, 4) is 0 Å². The van der Waals surface area contributed by atoms with Gasteiger partial charge in [-0.2, -0.15) is 0 Å². The number of hydrogen-bond donors (Lipinski definition) is 2. The summed E-state index contributed by atoms with van der Waals surface area (Å²) in [5.41, 5.74) is 2.12. The van der Waals surface area contributed by atoms with Crippen molar-refractivity contribution in [3.63, 3.8) is 0 Å². The van der Waals surface area contributed by atoms with E-state index < -0.39 is 5.82 Å². The highest BCUT2D eigenvalue weighted by Crippen LogP contribution is 2.39. The van der Waals surface area contributed by atoms with Crippen LogP contribution in [0.3, 0.4) is 0 Å². The minimum atomic E-state index is -0.394. The number of carbonyl (C=O) groups is 2. The van der Waals surface area contributed by atoms with E-state index in [0.717, 1.165) is 10.5 Å². The summed E-state index contributed by atoms with van der Waals surface area (Å²) >= 11 is 7.35. The lowest BCUT2D eigenvalue weighted by Crippen LogP contribution is -2.24. The molecule has 2 amide bonds. The molecule has 1 aliphatic heterocycles. The van der Waals surface area contributed by atoms with Crippen LogP contribution in [0, 0.1) is 5.82 Å². The normalized spacial score (nSPS) is 14.2. The van der Waals surface area contributed by atoms with Crippen LogP contribution in [0.25, 0.3) is 6.08 Å². The lowest BCUT2D eigenvalue weighted by Gasteiger charge is -2.19. The Morgan fingerprint density at radius 2 is 1.87 bits per heavy atom. The largest absolute Gasteiger partial charge is 0.348 e. The van der Waals surface area contributed by atoms with E-state index in [1.807, 2.05) is 18.2 Å². The summed E-state index contributed by atoms with van der Waals surface area (Å²) in [6.07, 6.45) is 1.52. The van der Waals surface area contributed by atoms with E-state index in [1.165, 1.54) is 23.9 Å². The van der Waals surface area contributed by atoms with Gasteiger partial charge in [0.05, 0.1) is 10.6 Å². The van der Waals surface area contributed by atoms with Gasteiger partial charge in [-0.15, -0.1) is 0 Å². The van der Waals surface area contributed by atoms with Gasteiger partial charge < -0.3 is 10.6 Å². The van der Waals surface area contributed by atoms with Gasteiger partial charge in [0.1, 0.15) is 5.82 Å². The highest BCUT2D eigenvalue weighted by Gasteiger charge is 2.22. The molecular formula is C23H16ClFN2O2S. The highest BCUT2D eigenvalue weighted by molar-refractivity contribution is 8.04. The molecule has 3 aromatic carbocycles. The molecule has 1 heterocycles. The van der Waals surface area contributed by atoms with Crippen LogP contribution in [0.5, 0.6) is 0 Å². The van der Waals surface area contributed by atoms with Gasteiger partial charge in [0, 0.05) is 27.6 Å². The van der Waals surface area contributed by atoms with Gasteiger partial charge in [0.2, 0.25) is 0 Å². The Hall–Kier alpha value is -3.09. The Labute approximate surface area is 182 Å². The third-order valence-corrected chi connectivity index (χ3v) is 5.99. The molecule has 4 rings (SSSR count). The number of nitrogens with one attached hydrogen (secondary N) is 2. The number of carbonyl (C=O) groups excluding carboxylic acids is 2. The van der Waals surface area contributed by atoms with Crippen molar-refractivity contribution >= 4 is 46.9 Å². The minimum absolute atomic E-state index is 0.273. The summed E-state index contributed by atoms with van der Waals surface area (Å²) in [7, 11) is 0.